The molecule has 4 heterocycles. The lowest BCUT2D eigenvalue weighted by Crippen LogP contribution is -2.38. The number of anilines is 1. The van der Waals surface area contributed by atoms with Gasteiger partial charge in [-0.05, 0) is 86.6 Å². The van der Waals surface area contributed by atoms with E-state index < -0.39 is 11.7 Å². The molecule has 2 aromatic carbocycles. The third kappa shape index (κ3) is 8.53. The van der Waals surface area contributed by atoms with Crippen molar-refractivity contribution >= 4 is 29.4 Å². The summed E-state index contributed by atoms with van der Waals surface area (Å²) in [6.45, 7) is 7.44. The van der Waals surface area contributed by atoms with E-state index in [-0.39, 0.29) is 47.6 Å². The molecule has 2 fully saturated rings. The Morgan fingerprint density at radius 2 is 1.75 bits per heavy atom. The van der Waals surface area contributed by atoms with Gasteiger partial charge in [0.1, 0.15) is 5.82 Å². The van der Waals surface area contributed by atoms with Crippen molar-refractivity contribution < 1.29 is 37.4 Å². The van der Waals surface area contributed by atoms with E-state index in [9.17, 15) is 28.0 Å². The topological polar surface area (TPSA) is 170 Å². The Labute approximate surface area is 321 Å². The summed E-state index contributed by atoms with van der Waals surface area (Å²) in [4.78, 5) is 57.3. The number of carbonyl (C=O) groups is 4. The lowest BCUT2D eigenvalue weighted by molar-refractivity contribution is -0.286. The van der Waals surface area contributed by atoms with Crippen LogP contribution in [0.5, 0.6) is 11.5 Å². The SMILES string of the molecule is C=CC(=O)N1CCC(n2cc(CCC(=O)NCCCNC(=O)c3cccc(-c4nc(NC(=O)C5(c6ccc7c(c6)OC(F)(F)O7)CC5)ccc4C)c3)nn2)CC1. The molecule has 16 heteroatoms. The number of piperidine rings is 1. The van der Waals surface area contributed by atoms with Gasteiger partial charge in [-0.3, -0.25) is 19.2 Å². The highest BCUT2D eigenvalue weighted by Crippen LogP contribution is 2.52. The molecule has 1 saturated heterocycles. The lowest BCUT2D eigenvalue weighted by Gasteiger charge is -2.31. The molecule has 2 aromatic heterocycles. The van der Waals surface area contributed by atoms with E-state index in [0.717, 1.165) is 24.1 Å². The first-order chi connectivity index (χ1) is 26.9. The molecule has 1 aliphatic carbocycles. The second kappa shape index (κ2) is 15.9. The number of alkyl halides is 2. The molecule has 0 atom stereocenters. The monoisotopic (exact) mass is 768 g/mol. The maximum atomic E-state index is 13.6. The summed E-state index contributed by atoms with van der Waals surface area (Å²) in [5.41, 5.74) is 2.90. The van der Waals surface area contributed by atoms with Crippen LogP contribution in [0.15, 0.2) is 73.4 Å². The smallest absolute Gasteiger partial charge is 0.395 e. The number of fused-ring (bicyclic) bond motifs is 1. The quantitative estimate of drug-likeness (QED) is 0.120. The van der Waals surface area contributed by atoms with Crippen molar-refractivity contribution in [3.8, 4) is 22.8 Å². The summed E-state index contributed by atoms with van der Waals surface area (Å²) in [6, 6.07) is 15.1. The summed E-state index contributed by atoms with van der Waals surface area (Å²) >= 11 is 0. The summed E-state index contributed by atoms with van der Waals surface area (Å²) in [6.07, 6.45) is 3.31. The Bertz CT molecular complexity index is 2160. The number of pyridine rings is 1. The van der Waals surface area contributed by atoms with E-state index in [4.69, 9.17) is 4.98 Å². The number of likely N-dealkylation sites (tertiary alicyclic amines) is 1. The molecule has 1 saturated carbocycles. The minimum absolute atomic E-state index is 0.0640. The van der Waals surface area contributed by atoms with Crippen LogP contribution in [-0.4, -0.2) is 81.0 Å². The molecule has 3 aliphatic rings. The molecular formula is C40H42F2N8O6. The van der Waals surface area contributed by atoms with Gasteiger partial charge in [-0.25, -0.2) is 9.67 Å². The van der Waals surface area contributed by atoms with Crippen LogP contribution in [0.2, 0.25) is 0 Å². The zero-order chi connectivity index (χ0) is 39.5. The Morgan fingerprint density at radius 1 is 0.982 bits per heavy atom. The molecule has 3 N–H and O–H groups in total. The molecule has 7 rings (SSSR count). The van der Waals surface area contributed by atoms with Gasteiger partial charge in [0.05, 0.1) is 22.8 Å². The zero-order valence-corrected chi connectivity index (χ0v) is 30.9. The van der Waals surface area contributed by atoms with Crippen LogP contribution in [0.25, 0.3) is 11.3 Å². The van der Waals surface area contributed by atoms with Gasteiger partial charge in [0, 0.05) is 56.3 Å². The van der Waals surface area contributed by atoms with Crippen molar-refractivity contribution in [2.75, 3.05) is 31.5 Å². The van der Waals surface area contributed by atoms with Crippen molar-refractivity contribution in [3.63, 3.8) is 0 Å². The van der Waals surface area contributed by atoms with Gasteiger partial charge in [-0.2, -0.15) is 0 Å². The van der Waals surface area contributed by atoms with E-state index >= 15 is 0 Å². The van der Waals surface area contributed by atoms with Crippen molar-refractivity contribution in [3.05, 3.63) is 95.8 Å². The predicted molar refractivity (Wildman–Crippen MR) is 200 cm³/mol. The fraction of sp³-hybridized carbons (Fsp3) is 0.375. The average molecular weight is 769 g/mol. The average Bonchev–Trinajstić information content (AvgIpc) is 3.77. The maximum Gasteiger partial charge on any atom is 0.586 e. The summed E-state index contributed by atoms with van der Waals surface area (Å²) in [5.74, 6) is -0.663. The van der Waals surface area contributed by atoms with Gasteiger partial charge in [0.2, 0.25) is 17.7 Å². The zero-order valence-electron chi connectivity index (χ0n) is 30.9. The summed E-state index contributed by atoms with van der Waals surface area (Å²) < 4.78 is 38.0. The Hall–Kier alpha value is -6.19. The number of benzene rings is 2. The minimum atomic E-state index is -3.75. The van der Waals surface area contributed by atoms with E-state index in [2.05, 4.69) is 42.3 Å². The van der Waals surface area contributed by atoms with Crippen molar-refractivity contribution in [1.29, 1.82) is 0 Å². The fourth-order valence-corrected chi connectivity index (χ4v) is 6.99. The molecule has 14 nitrogen and oxygen atoms in total. The van der Waals surface area contributed by atoms with Crippen molar-refractivity contribution in [2.45, 2.75) is 69.6 Å². The molecule has 0 bridgehead atoms. The number of hydrogen-bond acceptors (Lipinski definition) is 9. The molecule has 4 amide bonds. The molecule has 56 heavy (non-hydrogen) atoms. The number of rotatable bonds is 14. The first-order valence-corrected chi connectivity index (χ1v) is 18.6. The maximum absolute atomic E-state index is 13.6. The van der Waals surface area contributed by atoms with E-state index in [0.29, 0.717) is 80.1 Å². The van der Waals surface area contributed by atoms with Gasteiger partial charge in [0.25, 0.3) is 5.91 Å². The number of aromatic nitrogens is 4. The molecule has 292 valence electrons. The number of nitrogens with zero attached hydrogens (tertiary/aromatic N) is 5. The molecular weight excluding hydrogens is 726 g/mol. The first kappa shape index (κ1) is 38.1. The number of aryl methyl sites for hydroxylation is 2. The Morgan fingerprint density at radius 3 is 2.52 bits per heavy atom. The number of hydrogen-bond donors (Lipinski definition) is 3. The van der Waals surface area contributed by atoms with E-state index in [1.807, 2.05) is 29.9 Å². The van der Waals surface area contributed by atoms with Gasteiger partial charge in [-0.15, -0.1) is 13.9 Å². The van der Waals surface area contributed by atoms with Crippen LogP contribution in [0.4, 0.5) is 14.6 Å². The Balaban J connectivity index is 0.856. The number of ether oxygens (including phenoxy) is 2. The standard InChI is InChI=1S/C40H42F2N8O6/c1-3-35(52)49-20-14-30(15-21-49)50-24-29(47-48-50)10-13-34(51)43-18-5-19-44-37(53)27-7-4-6-26(22-27)36-25(2)8-12-33(45-36)46-38(54)39(16-17-39)28-9-11-31-32(23-28)56-40(41,42)55-31/h3-4,6-9,11-12,22-24,30H,1,5,10,13-21H2,2H3,(H,43,51)(H,44,53)(H,45,46,54). The van der Waals surface area contributed by atoms with Gasteiger partial charge < -0.3 is 30.3 Å². The second-order valence-electron chi connectivity index (χ2n) is 14.2. The van der Waals surface area contributed by atoms with Crippen LogP contribution in [0.1, 0.15) is 71.7 Å². The largest absolute Gasteiger partial charge is 0.586 e. The first-order valence-electron chi connectivity index (χ1n) is 18.6. The van der Waals surface area contributed by atoms with Crippen LogP contribution in [0.3, 0.4) is 0 Å². The Kier molecular flexibility index (Phi) is 10.8. The third-order valence-corrected chi connectivity index (χ3v) is 10.3. The van der Waals surface area contributed by atoms with Gasteiger partial charge in [-0.1, -0.05) is 36.1 Å². The molecule has 2 aliphatic heterocycles. The van der Waals surface area contributed by atoms with Crippen molar-refractivity contribution in [2.24, 2.45) is 0 Å². The third-order valence-electron chi connectivity index (χ3n) is 10.3. The van der Waals surface area contributed by atoms with Crippen LogP contribution >= 0.6 is 0 Å². The van der Waals surface area contributed by atoms with E-state index in [1.165, 1.54) is 18.2 Å². The van der Waals surface area contributed by atoms with Crippen molar-refractivity contribution in [1.82, 2.24) is 35.5 Å². The number of nitrogens with one attached hydrogen (secondary N) is 3. The number of amides is 4. The number of carbonyl (C=O) groups excluding carboxylic acids is 4. The number of halogens is 2. The molecule has 0 unspecified atom stereocenters. The highest BCUT2D eigenvalue weighted by molar-refractivity contribution is 6.01. The highest BCUT2D eigenvalue weighted by Gasteiger charge is 2.53. The fourth-order valence-electron chi connectivity index (χ4n) is 6.99. The molecule has 0 radical (unpaired) electrons. The van der Waals surface area contributed by atoms with Crippen LogP contribution in [-0.2, 0) is 26.2 Å². The summed E-state index contributed by atoms with van der Waals surface area (Å²) in [7, 11) is 0. The summed E-state index contributed by atoms with van der Waals surface area (Å²) in [5, 5.41) is 17.1. The molecule has 4 aromatic rings. The predicted octanol–water partition coefficient (Wildman–Crippen LogP) is 4.86. The molecule has 0 spiro atoms. The van der Waals surface area contributed by atoms with Crippen LogP contribution < -0.4 is 25.4 Å². The highest BCUT2D eigenvalue weighted by atomic mass is 19.3. The van der Waals surface area contributed by atoms with Gasteiger partial charge >= 0.3 is 6.29 Å². The lowest BCUT2D eigenvalue weighted by atomic mass is 9.94. The minimum Gasteiger partial charge on any atom is -0.395 e. The van der Waals surface area contributed by atoms with Crippen LogP contribution in [0, 0.1) is 6.92 Å². The van der Waals surface area contributed by atoms with Gasteiger partial charge in [0.15, 0.2) is 11.5 Å². The normalized spacial score (nSPS) is 16.5. The second-order valence-corrected chi connectivity index (χ2v) is 14.2. The van der Waals surface area contributed by atoms with E-state index in [1.54, 1.807) is 35.2 Å².